The van der Waals surface area contributed by atoms with Gasteiger partial charge in [0.05, 0.1) is 0 Å². The molecule has 0 heterocycles. The van der Waals surface area contributed by atoms with Gasteiger partial charge in [0.15, 0.2) is 0 Å². The molecule has 0 aliphatic rings. The number of halogens is 2. The Balaban J connectivity index is -0.000000263. The van der Waals surface area contributed by atoms with Crippen LogP contribution in [0.2, 0.25) is 0 Å². The minimum absolute atomic E-state index is 0.291. The molecule has 0 saturated carbocycles. The Morgan fingerprint density at radius 3 is 1.12 bits per heavy atom. The van der Waals surface area contributed by atoms with Crippen LogP contribution in [0.1, 0.15) is 41.5 Å². The Labute approximate surface area is 168 Å². The molecule has 0 unspecified atom stereocenters. The van der Waals surface area contributed by atoms with E-state index in [4.69, 9.17) is 5.73 Å². The van der Waals surface area contributed by atoms with E-state index < -0.39 is 0 Å². The fourth-order valence-corrected chi connectivity index (χ4v) is 4.47. The second-order valence-corrected chi connectivity index (χ2v) is 11.2. The van der Waals surface area contributed by atoms with Crippen LogP contribution in [0.25, 0.3) is 5.73 Å². The van der Waals surface area contributed by atoms with Crippen molar-refractivity contribution in [2.45, 2.75) is 41.5 Å². The van der Waals surface area contributed by atoms with E-state index in [1.807, 2.05) is 0 Å². The van der Waals surface area contributed by atoms with E-state index >= 15 is 0 Å². The van der Waals surface area contributed by atoms with Gasteiger partial charge in [-0.1, -0.05) is 53.7 Å². The van der Waals surface area contributed by atoms with E-state index in [2.05, 4.69) is 51.0 Å². The first-order chi connectivity index (χ1) is 11.5. The maximum Gasteiger partial charge on any atom is 0.123 e. The molecule has 0 radical (unpaired) electrons. The molecule has 1 N–H and O–H groups in total. The molecule has 0 atom stereocenters. The van der Waals surface area contributed by atoms with E-state index in [1.54, 1.807) is 18.8 Å². The van der Waals surface area contributed by atoms with Crippen LogP contribution < -0.4 is 0 Å². The van der Waals surface area contributed by atoms with Gasteiger partial charge in [0.2, 0.25) is 0 Å². The Hall–Kier alpha value is 0.788. The SMILES string of the molecule is CCP(CC)CC.CCP(CC)CC.[Cl][Pt+].[NH-]c1ccc(F)cc1. The normalized spacial score (nSPS) is 9.33. The molecule has 1 rings (SSSR count). The Kier molecular flexibility index (Phi) is 29.3. The summed E-state index contributed by atoms with van der Waals surface area (Å²) in [5.74, 6) is -0.291. The van der Waals surface area contributed by atoms with Gasteiger partial charge in [-0.15, -0.1) is 21.5 Å². The minimum Gasteiger partial charge on any atom is -0.699 e. The Morgan fingerprint density at radius 2 is 1.00 bits per heavy atom. The molecule has 1 aromatic rings. The fourth-order valence-electron chi connectivity index (χ4n) is 1.79. The van der Waals surface area contributed by atoms with Crippen LogP contribution in [0.15, 0.2) is 24.3 Å². The summed E-state index contributed by atoms with van der Waals surface area (Å²) in [6, 6.07) is 5.36. The van der Waals surface area contributed by atoms with E-state index in [9.17, 15) is 4.39 Å². The standard InChI is InChI=1S/C6H5FN.2C6H15P.ClH.Pt/c7-5-1-3-6(8)4-2-5;2*1-4-7(5-2)6-3;;/h1-4,8H;2*4-6H2,1-3H3;1H;/q-1;;;;+2/p-1. The largest absolute Gasteiger partial charge is 0.699 e. The monoisotopic (exact) mass is 576 g/mol. The molecule has 6 heteroatoms. The van der Waals surface area contributed by atoms with Gasteiger partial charge in [0.25, 0.3) is 0 Å². The predicted molar refractivity (Wildman–Crippen MR) is 113 cm³/mol. The van der Waals surface area contributed by atoms with Crippen molar-refractivity contribution < 1.29 is 23.2 Å². The van der Waals surface area contributed by atoms with Crippen molar-refractivity contribution in [3.05, 3.63) is 35.8 Å². The average molecular weight is 577 g/mol. The van der Waals surface area contributed by atoms with E-state index in [-0.39, 0.29) is 5.82 Å². The van der Waals surface area contributed by atoms with Crippen molar-refractivity contribution in [3.8, 4) is 0 Å². The number of nitrogens with one attached hydrogen (secondary N) is 1. The molecule has 1 nitrogen and oxygen atoms in total. The summed E-state index contributed by atoms with van der Waals surface area (Å²) in [6.07, 6.45) is 8.51. The summed E-state index contributed by atoms with van der Waals surface area (Å²) in [6.45, 7) is 13.7. The third kappa shape index (κ3) is 20.8. The van der Waals surface area contributed by atoms with Crippen LogP contribution in [-0.2, 0) is 18.8 Å². The topological polar surface area (TPSA) is 23.8 Å². The summed E-state index contributed by atoms with van der Waals surface area (Å²) in [5.41, 5.74) is 7.26. The number of hydrogen-bond donors (Lipinski definition) is 0. The quantitative estimate of drug-likeness (QED) is 0.305. The molecule has 0 amide bonds. The van der Waals surface area contributed by atoms with Crippen LogP contribution in [0.4, 0.5) is 10.1 Å². The van der Waals surface area contributed by atoms with Crippen molar-refractivity contribution in [1.82, 2.24) is 0 Å². The molecule has 1 aromatic carbocycles. The molecule has 0 aromatic heterocycles. The van der Waals surface area contributed by atoms with Gasteiger partial charge in [-0.05, 0) is 49.1 Å². The fraction of sp³-hybridized carbons (Fsp3) is 0.667. The zero-order valence-electron chi connectivity index (χ0n) is 16.0. The first kappa shape index (κ1) is 29.5. The second kappa shape index (κ2) is 23.8. The molecule has 0 saturated heterocycles. The maximum atomic E-state index is 12.0. The third-order valence-electron chi connectivity index (χ3n) is 3.53. The van der Waals surface area contributed by atoms with Crippen LogP contribution in [0, 0.1) is 5.82 Å². The molecule has 0 fully saturated rings. The average Bonchev–Trinajstić information content (AvgIpc) is 2.63. The van der Waals surface area contributed by atoms with Gasteiger partial charge in [0, 0.05) is 0 Å². The smallest absolute Gasteiger partial charge is 0.123 e. The summed E-state index contributed by atoms with van der Waals surface area (Å²) in [4.78, 5) is 0. The number of benzene rings is 1. The summed E-state index contributed by atoms with van der Waals surface area (Å²) < 4.78 is 12.0. The summed E-state index contributed by atoms with van der Waals surface area (Å²) >= 11 is 1.61. The number of rotatable bonds is 6. The van der Waals surface area contributed by atoms with Gasteiger partial charge < -0.3 is 5.73 Å². The molecule has 0 bridgehead atoms. The van der Waals surface area contributed by atoms with Gasteiger partial charge in [0.1, 0.15) is 5.82 Å². The van der Waals surface area contributed by atoms with Crippen LogP contribution in [0.5, 0.6) is 0 Å². The predicted octanol–water partition coefficient (Wildman–Crippen LogP) is 8.25. The molecular weight excluding hydrogens is 542 g/mol. The molecule has 146 valence electrons. The zero-order chi connectivity index (χ0) is 19.4. The Bertz CT molecular complexity index is 290. The van der Waals surface area contributed by atoms with Crippen LogP contribution in [0.3, 0.4) is 0 Å². The molecular formula is C18H35ClFNP2Pt. The molecule has 24 heavy (non-hydrogen) atoms. The molecule has 0 aliphatic carbocycles. The Morgan fingerprint density at radius 1 is 0.750 bits per heavy atom. The maximum absolute atomic E-state index is 12.0. The summed E-state index contributed by atoms with van der Waals surface area (Å²) in [7, 11) is 5.50. The van der Waals surface area contributed by atoms with Gasteiger partial charge in [-0.2, -0.15) is 0 Å². The van der Waals surface area contributed by atoms with E-state index in [0.717, 1.165) is 0 Å². The van der Waals surface area contributed by atoms with Crippen molar-refractivity contribution >= 4 is 30.9 Å². The van der Waals surface area contributed by atoms with Crippen LogP contribution in [-0.4, -0.2) is 37.0 Å². The summed E-state index contributed by atoms with van der Waals surface area (Å²) in [5, 5.41) is 0. The minimum atomic E-state index is -0.291. The van der Waals surface area contributed by atoms with Gasteiger partial charge >= 0.3 is 28.2 Å². The van der Waals surface area contributed by atoms with E-state index in [1.165, 1.54) is 61.2 Å². The molecule has 0 aliphatic heterocycles. The van der Waals surface area contributed by atoms with Crippen molar-refractivity contribution in [1.29, 1.82) is 0 Å². The zero-order valence-corrected chi connectivity index (χ0v) is 20.8. The van der Waals surface area contributed by atoms with Crippen molar-refractivity contribution in [2.24, 2.45) is 0 Å². The van der Waals surface area contributed by atoms with Gasteiger partial charge in [-0.3, -0.25) is 0 Å². The number of hydrogen-bond acceptors (Lipinski definition) is 0. The second-order valence-electron chi connectivity index (χ2n) is 4.75. The third-order valence-corrected chi connectivity index (χ3v) is 8.89. The van der Waals surface area contributed by atoms with Crippen molar-refractivity contribution in [3.63, 3.8) is 0 Å². The van der Waals surface area contributed by atoms with E-state index in [0.29, 0.717) is 21.5 Å². The van der Waals surface area contributed by atoms with Gasteiger partial charge in [-0.25, -0.2) is 4.39 Å². The van der Waals surface area contributed by atoms with Crippen molar-refractivity contribution in [2.75, 3.05) is 37.0 Å². The first-order valence-corrected chi connectivity index (χ1v) is 15.1. The first-order valence-electron chi connectivity index (χ1n) is 8.52. The molecule has 0 spiro atoms. The van der Waals surface area contributed by atoms with Crippen LogP contribution >= 0.6 is 25.3 Å².